The average Bonchev–Trinajstić information content (AvgIpc) is 3.30. The van der Waals surface area contributed by atoms with Crippen molar-refractivity contribution in [2.75, 3.05) is 5.32 Å². The number of anilines is 1. The molecule has 2 rings (SSSR count). The third-order valence-corrected chi connectivity index (χ3v) is 4.34. The Bertz CT molecular complexity index is 504. The van der Waals surface area contributed by atoms with Crippen LogP contribution in [0.3, 0.4) is 0 Å². The zero-order chi connectivity index (χ0) is 17.4. The van der Waals surface area contributed by atoms with E-state index >= 15 is 0 Å². The topological polar surface area (TPSA) is 37.8 Å². The second-order valence-corrected chi connectivity index (χ2v) is 6.86. The van der Waals surface area contributed by atoms with Crippen LogP contribution in [0, 0.1) is 0 Å². The van der Waals surface area contributed by atoms with E-state index in [1.165, 1.54) is 12.8 Å². The summed E-state index contributed by atoms with van der Waals surface area (Å²) in [5.74, 6) is 0.852. The van der Waals surface area contributed by atoms with E-state index in [1.807, 2.05) is 0 Å². The van der Waals surface area contributed by atoms with Gasteiger partial charge in [0, 0.05) is 24.2 Å². The number of aryl methyl sites for hydroxylation is 1. The zero-order valence-electron chi connectivity index (χ0n) is 13.8. The smallest absolute Gasteiger partial charge is 0.367 e. The Morgan fingerprint density at radius 3 is 2.29 bits per heavy atom. The summed E-state index contributed by atoms with van der Waals surface area (Å²) in [6, 6.07) is 0.520. The van der Waals surface area contributed by atoms with E-state index in [4.69, 9.17) is 11.6 Å². The van der Waals surface area contributed by atoms with Gasteiger partial charge in [-0.1, -0.05) is 32.1 Å². The van der Waals surface area contributed by atoms with Crippen molar-refractivity contribution in [3.63, 3.8) is 0 Å². The number of unbranched alkanes of at least 4 members (excludes halogenated alkanes) is 6. The molecule has 7 heteroatoms. The minimum Gasteiger partial charge on any atom is -0.367 e. The first kappa shape index (κ1) is 19.3. The summed E-state index contributed by atoms with van der Waals surface area (Å²) in [7, 11) is 0. The highest BCUT2D eigenvalue weighted by Crippen LogP contribution is 2.27. The van der Waals surface area contributed by atoms with Gasteiger partial charge in [-0.15, -0.1) is 0 Å². The van der Waals surface area contributed by atoms with E-state index in [2.05, 4.69) is 15.3 Å². The molecule has 1 fully saturated rings. The predicted octanol–water partition coefficient (Wildman–Crippen LogP) is 5.93. The first-order chi connectivity index (χ1) is 11.4. The summed E-state index contributed by atoms with van der Waals surface area (Å²) in [5.41, 5.74) is 1.09. The van der Waals surface area contributed by atoms with E-state index in [1.54, 1.807) is 6.20 Å². The molecule has 0 amide bonds. The molecule has 1 aromatic heterocycles. The van der Waals surface area contributed by atoms with Gasteiger partial charge in [-0.05, 0) is 43.7 Å². The molecule has 1 aliphatic carbocycles. The molecule has 1 N–H and O–H groups in total. The molecule has 0 aromatic carbocycles. The Morgan fingerprint density at radius 1 is 1.04 bits per heavy atom. The van der Waals surface area contributed by atoms with E-state index in [-0.39, 0.29) is 11.7 Å². The fourth-order valence-electron chi connectivity index (χ4n) is 2.64. The number of hydrogen-bond acceptors (Lipinski definition) is 3. The van der Waals surface area contributed by atoms with E-state index < -0.39 is 12.6 Å². The van der Waals surface area contributed by atoms with Crippen LogP contribution < -0.4 is 5.32 Å². The average molecular weight is 364 g/mol. The minimum absolute atomic E-state index is 0.252. The Balaban J connectivity index is 1.56. The third kappa shape index (κ3) is 8.18. The highest BCUT2D eigenvalue weighted by molar-refractivity contribution is 6.28. The largest absolute Gasteiger partial charge is 0.389 e. The molecule has 0 aliphatic heterocycles. The molecule has 1 saturated carbocycles. The maximum atomic E-state index is 12.0. The van der Waals surface area contributed by atoms with Gasteiger partial charge in [0.2, 0.25) is 5.28 Å². The van der Waals surface area contributed by atoms with Gasteiger partial charge in [-0.3, -0.25) is 0 Å². The lowest BCUT2D eigenvalue weighted by molar-refractivity contribution is -0.135. The number of halogens is 4. The van der Waals surface area contributed by atoms with Gasteiger partial charge in [0.1, 0.15) is 5.82 Å². The molecule has 1 aliphatic rings. The van der Waals surface area contributed by atoms with Crippen LogP contribution in [0.15, 0.2) is 6.20 Å². The Labute approximate surface area is 146 Å². The van der Waals surface area contributed by atoms with Crippen molar-refractivity contribution >= 4 is 17.4 Å². The van der Waals surface area contributed by atoms with Crippen molar-refractivity contribution in [1.29, 1.82) is 0 Å². The highest BCUT2D eigenvalue weighted by Gasteiger charge is 2.25. The molecule has 24 heavy (non-hydrogen) atoms. The van der Waals surface area contributed by atoms with Gasteiger partial charge in [0.05, 0.1) is 0 Å². The standard InChI is InChI=1S/C17H25ClF3N3/c18-16-22-12-13(15(24-16)23-14-9-10-14)8-6-4-2-1-3-5-7-11-17(19,20)21/h12,14H,1-11H2,(H,22,23,24). The van der Waals surface area contributed by atoms with Crippen molar-refractivity contribution in [2.24, 2.45) is 0 Å². The molecule has 0 atom stereocenters. The molecule has 1 aromatic rings. The molecule has 0 radical (unpaired) electrons. The highest BCUT2D eigenvalue weighted by atomic mass is 35.5. The van der Waals surface area contributed by atoms with Crippen molar-refractivity contribution in [3.05, 3.63) is 17.0 Å². The van der Waals surface area contributed by atoms with Gasteiger partial charge in [-0.2, -0.15) is 13.2 Å². The van der Waals surface area contributed by atoms with Gasteiger partial charge < -0.3 is 5.32 Å². The van der Waals surface area contributed by atoms with E-state index in [9.17, 15) is 13.2 Å². The minimum atomic E-state index is -4.01. The van der Waals surface area contributed by atoms with Crippen LogP contribution in [0.4, 0.5) is 19.0 Å². The van der Waals surface area contributed by atoms with Gasteiger partial charge in [0.25, 0.3) is 0 Å². The first-order valence-electron chi connectivity index (χ1n) is 8.79. The van der Waals surface area contributed by atoms with Crippen molar-refractivity contribution < 1.29 is 13.2 Å². The maximum Gasteiger partial charge on any atom is 0.389 e. The molecule has 0 bridgehead atoms. The molecular formula is C17H25ClF3N3. The second kappa shape index (κ2) is 9.44. The lowest BCUT2D eigenvalue weighted by atomic mass is 10.0. The number of nitrogens with one attached hydrogen (secondary N) is 1. The van der Waals surface area contributed by atoms with E-state index in [0.29, 0.717) is 12.5 Å². The monoisotopic (exact) mass is 363 g/mol. The van der Waals surface area contributed by atoms with Gasteiger partial charge >= 0.3 is 6.18 Å². The summed E-state index contributed by atoms with van der Waals surface area (Å²) in [5, 5.41) is 3.65. The fraction of sp³-hybridized carbons (Fsp3) is 0.765. The van der Waals surface area contributed by atoms with Crippen LogP contribution in [-0.4, -0.2) is 22.2 Å². The number of rotatable bonds is 11. The van der Waals surface area contributed by atoms with Crippen LogP contribution in [-0.2, 0) is 6.42 Å². The van der Waals surface area contributed by atoms with Crippen molar-refractivity contribution in [1.82, 2.24) is 9.97 Å². The lowest BCUT2D eigenvalue weighted by Crippen LogP contribution is -2.07. The zero-order valence-corrected chi connectivity index (χ0v) is 14.6. The third-order valence-electron chi connectivity index (χ3n) is 4.16. The van der Waals surface area contributed by atoms with Gasteiger partial charge in [-0.25, -0.2) is 9.97 Å². The molecule has 0 saturated heterocycles. The molecule has 136 valence electrons. The van der Waals surface area contributed by atoms with Crippen LogP contribution in [0.5, 0.6) is 0 Å². The molecule has 1 heterocycles. The summed E-state index contributed by atoms with van der Waals surface area (Å²) in [6.07, 6.45) is 6.36. The van der Waals surface area contributed by atoms with Crippen LogP contribution in [0.1, 0.15) is 69.8 Å². The van der Waals surface area contributed by atoms with Crippen LogP contribution in [0.25, 0.3) is 0 Å². The number of alkyl halides is 3. The Kier molecular flexibility index (Phi) is 7.59. The maximum absolute atomic E-state index is 12.0. The summed E-state index contributed by atoms with van der Waals surface area (Å²) in [4.78, 5) is 8.33. The Morgan fingerprint density at radius 2 is 1.67 bits per heavy atom. The summed E-state index contributed by atoms with van der Waals surface area (Å²) in [6.45, 7) is 0. The first-order valence-corrected chi connectivity index (χ1v) is 9.16. The summed E-state index contributed by atoms with van der Waals surface area (Å²) < 4.78 is 36.0. The predicted molar refractivity (Wildman–Crippen MR) is 90.4 cm³/mol. The normalized spacial score (nSPS) is 14.8. The number of aromatic nitrogens is 2. The molecule has 0 unspecified atom stereocenters. The second-order valence-electron chi connectivity index (χ2n) is 6.52. The summed E-state index contributed by atoms with van der Waals surface area (Å²) >= 11 is 5.86. The number of nitrogens with zero attached hydrogens (tertiary/aromatic N) is 2. The molecular weight excluding hydrogens is 339 g/mol. The molecule has 3 nitrogen and oxygen atoms in total. The quantitative estimate of drug-likeness (QED) is 0.391. The van der Waals surface area contributed by atoms with E-state index in [0.717, 1.165) is 49.9 Å². The van der Waals surface area contributed by atoms with Crippen molar-refractivity contribution in [3.8, 4) is 0 Å². The number of hydrogen-bond donors (Lipinski definition) is 1. The van der Waals surface area contributed by atoms with Crippen LogP contribution >= 0.6 is 11.6 Å². The van der Waals surface area contributed by atoms with Crippen molar-refractivity contribution in [2.45, 2.75) is 82.8 Å². The van der Waals surface area contributed by atoms with Gasteiger partial charge in [0.15, 0.2) is 0 Å². The SMILES string of the molecule is FC(F)(F)CCCCCCCCCc1cnc(Cl)nc1NC1CC1. The fourth-order valence-corrected chi connectivity index (χ4v) is 2.77. The van der Waals surface area contributed by atoms with Crippen LogP contribution in [0.2, 0.25) is 5.28 Å². The molecule has 0 spiro atoms. The Hall–Kier alpha value is -1.04. The lowest BCUT2D eigenvalue weighted by Gasteiger charge is -2.10.